The van der Waals surface area contributed by atoms with Gasteiger partial charge in [-0.15, -0.1) is 0 Å². The van der Waals surface area contributed by atoms with Crippen LogP contribution in [0, 0.1) is 6.92 Å². The fourth-order valence-electron chi connectivity index (χ4n) is 2.06. The number of hydrogen-bond acceptors (Lipinski definition) is 4. The Morgan fingerprint density at radius 3 is 2.71 bits per heavy atom. The van der Waals surface area contributed by atoms with E-state index >= 15 is 0 Å². The molecule has 0 fully saturated rings. The van der Waals surface area contributed by atoms with Crippen molar-refractivity contribution in [1.82, 2.24) is 9.97 Å². The number of carboxylic acids is 1. The van der Waals surface area contributed by atoms with Gasteiger partial charge in [-0.1, -0.05) is 30.3 Å². The van der Waals surface area contributed by atoms with Crippen LogP contribution >= 0.6 is 0 Å². The van der Waals surface area contributed by atoms with Crippen LogP contribution in [0.15, 0.2) is 46.9 Å². The molecule has 0 amide bonds. The van der Waals surface area contributed by atoms with Crippen LogP contribution in [0.4, 0.5) is 0 Å². The van der Waals surface area contributed by atoms with Gasteiger partial charge in [0, 0.05) is 11.6 Å². The molecule has 5 heteroatoms. The van der Waals surface area contributed by atoms with Crippen LogP contribution in [0.5, 0.6) is 0 Å². The molecule has 104 valence electrons. The van der Waals surface area contributed by atoms with Crippen LogP contribution in [0.3, 0.4) is 0 Å². The number of aliphatic carboxylic acids is 1. The molecule has 2 heterocycles. The lowest BCUT2D eigenvalue weighted by Crippen LogP contribution is -1.93. The summed E-state index contributed by atoms with van der Waals surface area (Å²) in [5, 5.41) is 9.48. The van der Waals surface area contributed by atoms with Crippen molar-refractivity contribution in [2.75, 3.05) is 0 Å². The van der Waals surface area contributed by atoms with Crippen molar-refractivity contribution in [2.45, 2.75) is 6.92 Å². The van der Waals surface area contributed by atoms with Gasteiger partial charge in [0.05, 0.1) is 11.1 Å². The smallest absolute Gasteiger partial charge is 0.328 e. The largest absolute Gasteiger partial charge is 0.478 e. The fourth-order valence-corrected chi connectivity index (χ4v) is 2.06. The minimum atomic E-state index is -1.02. The number of nitrogens with zero attached hydrogens (tertiary/aromatic N) is 2. The Kier molecular flexibility index (Phi) is 3.23. The summed E-state index contributed by atoms with van der Waals surface area (Å²) in [5.41, 5.74) is 1.82. The summed E-state index contributed by atoms with van der Waals surface area (Å²) in [6.07, 6.45) is 2.51. The van der Waals surface area contributed by atoms with Crippen LogP contribution in [0.2, 0.25) is 0 Å². The van der Waals surface area contributed by atoms with Gasteiger partial charge in [0.1, 0.15) is 5.76 Å². The molecule has 3 aromatic rings. The van der Waals surface area contributed by atoms with E-state index in [1.807, 2.05) is 37.3 Å². The Bertz CT molecular complexity index is 835. The van der Waals surface area contributed by atoms with Crippen molar-refractivity contribution in [1.29, 1.82) is 0 Å². The maximum Gasteiger partial charge on any atom is 0.328 e. The predicted molar refractivity (Wildman–Crippen MR) is 78.6 cm³/mol. The lowest BCUT2D eigenvalue weighted by Gasteiger charge is -2.02. The highest BCUT2D eigenvalue weighted by Crippen LogP contribution is 2.25. The summed E-state index contributed by atoms with van der Waals surface area (Å²) < 4.78 is 5.55. The number of rotatable bonds is 3. The number of benzene rings is 1. The molecule has 5 nitrogen and oxygen atoms in total. The van der Waals surface area contributed by atoms with Crippen molar-refractivity contribution in [3.05, 3.63) is 53.9 Å². The minimum absolute atomic E-state index is 0.450. The molecule has 0 aliphatic rings. The summed E-state index contributed by atoms with van der Waals surface area (Å²) in [6.45, 7) is 1.81. The van der Waals surface area contributed by atoms with Crippen LogP contribution in [0.25, 0.3) is 28.6 Å². The fraction of sp³-hybridized carbons (Fsp3) is 0.0625. The first kappa shape index (κ1) is 13.1. The van der Waals surface area contributed by atoms with Crippen LogP contribution in [-0.4, -0.2) is 21.0 Å². The van der Waals surface area contributed by atoms with Crippen molar-refractivity contribution < 1.29 is 14.3 Å². The second-order valence-corrected chi connectivity index (χ2v) is 4.55. The predicted octanol–water partition coefficient (Wildman–Crippen LogP) is 3.30. The molecule has 2 aromatic heterocycles. The Labute approximate surface area is 120 Å². The SMILES string of the molecule is Cc1cc2c(C=CC(=O)O)nc(-c3ccccc3)nc2o1. The molecule has 1 aromatic carbocycles. The molecule has 0 bridgehead atoms. The van der Waals surface area contributed by atoms with Gasteiger partial charge in [0.25, 0.3) is 0 Å². The number of carbonyl (C=O) groups is 1. The number of aryl methyl sites for hydroxylation is 1. The second-order valence-electron chi connectivity index (χ2n) is 4.55. The number of furan rings is 1. The maximum atomic E-state index is 10.7. The standard InChI is InChI=1S/C16H12N2O3/c1-10-9-12-13(7-8-14(19)20)17-15(18-16(12)21-10)11-5-3-2-4-6-11/h2-9H,1H3,(H,19,20). The van der Waals surface area contributed by atoms with E-state index in [2.05, 4.69) is 9.97 Å². The molecule has 21 heavy (non-hydrogen) atoms. The van der Waals surface area contributed by atoms with E-state index in [1.54, 1.807) is 6.07 Å². The lowest BCUT2D eigenvalue weighted by molar-refractivity contribution is -0.131. The Hall–Kier alpha value is -2.95. The second kappa shape index (κ2) is 5.20. The third-order valence-corrected chi connectivity index (χ3v) is 2.96. The summed E-state index contributed by atoms with van der Waals surface area (Å²) in [4.78, 5) is 19.5. The van der Waals surface area contributed by atoms with E-state index in [0.29, 0.717) is 28.4 Å². The molecular formula is C16H12N2O3. The van der Waals surface area contributed by atoms with E-state index in [9.17, 15) is 4.79 Å². The Balaban J connectivity index is 2.21. The first-order valence-electron chi connectivity index (χ1n) is 6.38. The average Bonchev–Trinajstić information content (AvgIpc) is 2.85. The zero-order valence-electron chi connectivity index (χ0n) is 11.3. The maximum absolute atomic E-state index is 10.7. The van der Waals surface area contributed by atoms with Gasteiger partial charge in [-0.05, 0) is 19.1 Å². The van der Waals surface area contributed by atoms with Gasteiger partial charge in [-0.3, -0.25) is 0 Å². The number of fused-ring (bicyclic) bond motifs is 1. The zero-order valence-corrected chi connectivity index (χ0v) is 11.3. The molecule has 1 N–H and O–H groups in total. The molecule has 0 radical (unpaired) electrons. The summed E-state index contributed by atoms with van der Waals surface area (Å²) in [5.74, 6) is 0.181. The lowest BCUT2D eigenvalue weighted by atomic mass is 10.2. The molecule has 0 aliphatic heterocycles. The Morgan fingerprint density at radius 1 is 1.24 bits per heavy atom. The highest BCUT2D eigenvalue weighted by atomic mass is 16.4. The molecule has 0 spiro atoms. The van der Waals surface area contributed by atoms with E-state index in [4.69, 9.17) is 9.52 Å². The number of carboxylic acid groups (broad SMARTS) is 1. The van der Waals surface area contributed by atoms with Crippen molar-refractivity contribution in [2.24, 2.45) is 0 Å². The number of aromatic nitrogens is 2. The van der Waals surface area contributed by atoms with Crippen molar-refractivity contribution in [3.63, 3.8) is 0 Å². The van der Waals surface area contributed by atoms with E-state index in [1.165, 1.54) is 6.08 Å². The number of hydrogen-bond donors (Lipinski definition) is 1. The molecule has 0 saturated carbocycles. The van der Waals surface area contributed by atoms with Crippen LogP contribution < -0.4 is 0 Å². The van der Waals surface area contributed by atoms with E-state index in [-0.39, 0.29) is 0 Å². The van der Waals surface area contributed by atoms with Crippen LogP contribution in [-0.2, 0) is 4.79 Å². The van der Waals surface area contributed by atoms with Gasteiger partial charge in [0.2, 0.25) is 5.71 Å². The molecule has 0 atom stereocenters. The quantitative estimate of drug-likeness (QED) is 0.745. The summed E-state index contributed by atoms with van der Waals surface area (Å²) in [6, 6.07) is 11.3. The minimum Gasteiger partial charge on any atom is -0.478 e. The van der Waals surface area contributed by atoms with Gasteiger partial charge in [-0.25, -0.2) is 9.78 Å². The first-order chi connectivity index (χ1) is 10.1. The highest BCUT2D eigenvalue weighted by Gasteiger charge is 2.11. The molecule has 0 aliphatic carbocycles. The summed E-state index contributed by atoms with van der Waals surface area (Å²) >= 11 is 0. The summed E-state index contributed by atoms with van der Waals surface area (Å²) in [7, 11) is 0. The van der Waals surface area contributed by atoms with E-state index in [0.717, 1.165) is 11.6 Å². The van der Waals surface area contributed by atoms with Crippen LogP contribution in [0.1, 0.15) is 11.5 Å². The third-order valence-electron chi connectivity index (χ3n) is 2.96. The first-order valence-corrected chi connectivity index (χ1v) is 6.38. The zero-order chi connectivity index (χ0) is 14.8. The Morgan fingerprint density at radius 2 is 2.00 bits per heavy atom. The monoisotopic (exact) mass is 280 g/mol. The highest BCUT2D eigenvalue weighted by molar-refractivity contribution is 5.91. The average molecular weight is 280 g/mol. The van der Waals surface area contributed by atoms with Crippen molar-refractivity contribution in [3.8, 4) is 11.4 Å². The van der Waals surface area contributed by atoms with Crippen molar-refractivity contribution >= 4 is 23.1 Å². The normalized spacial score (nSPS) is 11.3. The molecule has 0 unspecified atom stereocenters. The third kappa shape index (κ3) is 2.67. The molecular weight excluding hydrogens is 268 g/mol. The topological polar surface area (TPSA) is 76.2 Å². The molecule has 0 saturated heterocycles. The van der Waals surface area contributed by atoms with Gasteiger partial charge in [-0.2, -0.15) is 4.98 Å². The van der Waals surface area contributed by atoms with Gasteiger partial charge >= 0.3 is 5.97 Å². The van der Waals surface area contributed by atoms with Gasteiger partial charge in [0.15, 0.2) is 5.82 Å². The molecule has 3 rings (SSSR count). The van der Waals surface area contributed by atoms with Gasteiger partial charge < -0.3 is 9.52 Å². The van der Waals surface area contributed by atoms with E-state index < -0.39 is 5.97 Å².